The third-order valence-electron chi connectivity index (χ3n) is 2.36. The molecular formula is C12H26IN3O3. The summed E-state index contributed by atoms with van der Waals surface area (Å²) in [6.07, 6.45) is 0.314. The van der Waals surface area contributed by atoms with Crippen LogP contribution < -0.4 is 10.6 Å². The number of hydrogen-bond donors (Lipinski definition) is 2. The number of hydrogen-bond acceptors (Lipinski definition) is 4. The van der Waals surface area contributed by atoms with Gasteiger partial charge in [0, 0.05) is 20.2 Å². The van der Waals surface area contributed by atoms with E-state index >= 15 is 0 Å². The Kier molecular flexibility index (Phi) is 12.3. The smallest absolute Gasteiger partial charge is 0.307 e. The Morgan fingerprint density at radius 3 is 2.37 bits per heavy atom. The number of guanidine groups is 1. The summed E-state index contributed by atoms with van der Waals surface area (Å²) in [4.78, 5) is 15.4. The highest BCUT2D eigenvalue weighted by molar-refractivity contribution is 14.0. The van der Waals surface area contributed by atoms with Crippen molar-refractivity contribution >= 4 is 35.9 Å². The number of nitrogens with zero attached hydrogens (tertiary/aromatic N) is 1. The molecule has 0 aliphatic carbocycles. The van der Waals surface area contributed by atoms with Crippen LogP contribution in [0.4, 0.5) is 0 Å². The molecule has 0 aliphatic rings. The summed E-state index contributed by atoms with van der Waals surface area (Å²) >= 11 is 0. The normalized spacial score (nSPS) is 11.5. The molecule has 0 heterocycles. The summed E-state index contributed by atoms with van der Waals surface area (Å²) in [5, 5.41) is 6.17. The minimum Gasteiger partial charge on any atom is -0.469 e. The van der Waals surface area contributed by atoms with E-state index in [1.807, 2.05) is 20.8 Å². The Morgan fingerprint density at radius 1 is 1.26 bits per heavy atom. The summed E-state index contributed by atoms with van der Waals surface area (Å²) < 4.78 is 9.85. The van der Waals surface area contributed by atoms with Gasteiger partial charge in [-0.15, -0.1) is 24.0 Å². The van der Waals surface area contributed by atoms with Gasteiger partial charge in [0.1, 0.15) is 0 Å². The van der Waals surface area contributed by atoms with Crippen LogP contribution >= 0.6 is 24.0 Å². The summed E-state index contributed by atoms with van der Waals surface area (Å²) in [5.41, 5.74) is -0.301. The van der Waals surface area contributed by atoms with Gasteiger partial charge in [-0.1, -0.05) is 0 Å². The van der Waals surface area contributed by atoms with Gasteiger partial charge in [-0.2, -0.15) is 0 Å². The molecule has 0 aromatic carbocycles. The van der Waals surface area contributed by atoms with Crippen LogP contribution in [0.25, 0.3) is 0 Å². The van der Waals surface area contributed by atoms with E-state index in [1.54, 1.807) is 7.11 Å². The summed E-state index contributed by atoms with van der Waals surface area (Å²) in [6.45, 7) is 7.71. The Bertz CT molecular complexity index is 283. The van der Waals surface area contributed by atoms with Crippen molar-refractivity contribution in [3.05, 3.63) is 0 Å². The number of carbonyl (C=O) groups is 1. The van der Waals surface area contributed by atoms with Gasteiger partial charge >= 0.3 is 5.97 Å². The Hall–Kier alpha value is -0.570. The second-order valence-corrected chi connectivity index (χ2v) is 4.41. The molecule has 0 bridgehead atoms. The lowest BCUT2D eigenvalue weighted by molar-refractivity contribution is -0.140. The maximum Gasteiger partial charge on any atom is 0.307 e. The van der Waals surface area contributed by atoms with Crippen LogP contribution in [0.1, 0.15) is 27.2 Å². The predicted octanol–water partition coefficient (Wildman–Crippen LogP) is 1.15. The predicted molar refractivity (Wildman–Crippen MR) is 87.1 cm³/mol. The number of methoxy groups -OCH3 is 2. The molecule has 7 heteroatoms. The molecule has 0 aliphatic heterocycles. The lowest BCUT2D eigenvalue weighted by Gasteiger charge is -2.21. The first-order valence-electron chi connectivity index (χ1n) is 6.09. The molecule has 0 rings (SSSR count). The fraction of sp³-hybridized carbons (Fsp3) is 0.833. The van der Waals surface area contributed by atoms with Gasteiger partial charge < -0.3 is 20.1 Å². The maximum absolute atomic E-state index is 11.0. The van der Waals surface area contributed by atoms with Crippen molar-refractivity contribution in [3.63, 3.8) is 0 Å². The van der Waals surface area contributed by atoms with E-state index in [0.29, 0.717) is 25.5 Å². The molecule has 0 unspecified atom stereocenters. The molecule has 0 saturated heterocycles. The molecule has 0 aromatic heterocycles. The molecule has 0 aromatic rings. The minimum atomic E-state index is -0.301. The summed E-state index contributed by atoms with van der Waals surface area (Å²) in [5.74, 6) is 0.432. The highest BCUT2D eigenvalue weighted by Crippen LogP contribution is 2.06. The quantitative estimate of drug-likeness (QED) is 0.297. The van der Waals surface area contributed by atoms with Crippen LogP contribution in [0.15, 0.2) is 4.99 Å². The van der Waals surface area contributed by atoms with Crippen molar-refractivity contribution in [1.29, 1.82) is 0 Å². The van der Waals surface area contributed by atoms with Crippen molar-refractivity contribution in [2.24, 2.45) is 4.99 Å². The van der Waals surface area contributed by atoms with E-state index in [1.165, 1.54) is 7.11 Å². The number of esters is 1. The highest BCUT2D eigenvalue weighted by atomic mass is 127. The van der Waals surface area contributed by atoms with Crippen molar-refractivity contribution < 1.29 is 14.3 Å². The monoisotopic (exact) mass is 387 g/mol. The minimum absolute atomic E-state index is 0. The van der Waals surface area contributed by atoms with Gasteiger partial charge in [0.2, 0.25) is 0 Å². The third kappa shape index (κ3) is 11.0. The highest BCUT2D eigenvalue weighted by Gasteiger charge is 2.15. The van der Waals surface area contributed by atoms with Gasteiger partial charge in [-0.25, -0.2) is 0 Å². The zero-order valence-corrected chi connectivity index (χ0v) is 14.7. The molecule has 0 radical (unpaired) electrons. The molecule has 114 valence electrons. The largest absolute Gasteiger partial charge is 0.469 e. The van der Waals surface area contributed by atoms with Crippen LogP contribution in [-0.4, -0.2) is 51.4 Å². The van der Waals surface area contributed by atoms with Crippen LogP contribution in [0.2, 0.25) is 0 Å². The molecular weight excluding hydrogens is 361 g/mol. The van der Waals surface area contributed by atoms with Crippen LogP contribution in [-0.2, 0) is 14.3 Å². The molecule has 0 saturated carbocycles. The van der Waals surface area contributed by atoms with Gasteiger partial charge in [-0.05, 0) is 20.8 Å². The SMILES string of the molecule is CCNC(=NCC(C)(C)OC)NCCC(=O)OC.I. The average Bonchev–Trinajstić information content (AvgIpc) is 2.35. The number of rotatable bonds is 7. The lowest BCUT2D eigenvalue weighted by atomic mass is 10.1. The fourth-order valence-corrected chi connectivity index (χ4v) is 1.06. The van der Waals surface area contributed by atoms with E-state index in [9.17, 15) is 4.79 Å². The molecule has 0 fully saturated rings. The number of halogens is 1. The second-order valence-electron chi connectivity index (χ2n) is 4.41. The van der Waals surface area contributed by atoms with Crippen LogP contribution in [0.5, 0.6) is 0 Å². The molecule has 19 heavy (non-hydrogen) atoms. The summed E-state index contributed by atoms with van der Waals surface area (Å²) in [7, 11) is 3.04. The van der Waals surface area contributed by atoms with Crippen molar-refractivity contribution in [1.82, 2.24) is 10.6 Å². The van der Waals surface area contributed by atoms with Crippen molar-refractivity contribution in [2.45, 2.75) is 32.8 Å². The second kappa shape index (κ2) is 11.3. The van der Waals surface area contributed by atoms with E-state index < -0.39 is 0 Å². The zero-order chi connectivity index (χ0) is 14.0. The summed E-state index contributed by atoms with van der Waals surface area (Å²) in [6, 6.07) is 0. The van der Waals surface area contributed by atoms with E-state index in [0.717, 1.165) is 6.54 Å². The lowest BCUT2D eigenvalue weighted by Crippen LogP contribution is -2.40. The molecule has 0 spiro atoms. The topological polar surface area (TPSA) is 72.0 Å². The van der Waals surface area contributed by atoms with E-state index in [-0.39, 0.29) is 35.5 Å². The standard InChI is InChI=1S/C12H25N3O3.HI/c1-6-13-11(14-8-7-10(16)17-4)15-9-12(2,3)18-5;/h6-9H2,1-5H3,(H2,13,14,15);1H. The van der Waals surface area contributed by atoms with Crippen LogP contribution in [0.3, 0.4) is 0 Å². The Balaban J connectivity index is 0. The number of carbonyl (C=O) groups excluding carboxylic acids is 1. The van der Waals surface area contributed by atoms with E-state index in [2.05, 4.69) is 20.4 Å². The van der Waals surface area contributed by atoms with Gasteiger partial charge in [0.25, 0.3) is 0 Å². The van der Waals surface area contributed by atoms with Crippen LogP contribution in [0, 0.1) is 0 Å². The molecule has 6 nitrogen and oxygen atoms in total. The van der Waals surface area contributed by atoms with Gasteiger partial charge in [0.05, 0.1) is 25.7 Å². The number of nitrogens with one attached hydrogen (secondary N) is 2. The van der Waals surface area contributed by atoms with Gasteiger partial charge in [0.15, 0.2) is 5.96 Å². The van der Waals surface area contributed by atoms with Gasteiger partial charge in [-0.3, -0.25) is 9.79 Å². The Morgan fingerprint density at radius 2 is 1.89 bits per heavy atom. The maximum atomic E-state index is 11.0. The molecule has 2 N–H and O–H groups in total. The van der Waals surface area contributed by atoms with Crippen molar-refractivity contribution in [3.8, 4) is 0 Å². The Labute approximate surface area is 132 Å². The van der Waals surface area contributed by atoms with E-state index in [4.69, 9.17) is 4.74 Å². The fourth-order valence-electron chi connectivity index (χ4n) is 1.06. The number of ether oxygens (including phenoxy) is 2. The number of aliphatic imine (C=N–C) groups is 1. The average molecular weight is 387 g/mol. The first-order chi connectivity index (χ1) is 8.45. The third-order valence-corrected chi connectivity index (χ3v) is 2.36. The first kappa shape index (κ1) is 20.7. The van der Waals surface area contributed by atoms with Crippen molar-refractivity contribution in [2.75, 3.05) is 33.9 Å². The zero-order valence-electron chi connectivity index (χ0n) is 12.4. The molecule has 0 amide bonds. The first-order valence-corrected chi connectivity index (χ1v) is 6.09. The molecule has 0 atom stereocenters.